The van der Waals surface area contributed by atoms with Crippen molar-refractivity contribution in [1.29, 1.82) is 0 Å². The zero-order valence-electron chi connectivity index (χ0n) is 8.42. The molecule has 1 saturated carbocycles. The van der Waals surface area contributed by atoms with Crippen molar-refractivity contribution in [2.45, 2.75) is 45.1 Å². The molecule has 1 aliphatic carbocycles. The molecule has 1 aliphatic rings. The molecule has 13 heavy (non-hydrogen) atoms. The van der Waals surface area contributed by atoms with E-state index in [1.165, 1.54) is 18.5 Å². The van der Waals surface area contributed by atoms with Gasteiger partial charge in [-0.2, -0.15) is 0 Å². The Morgan fingerprint density at radius 1 is 1.46 bits per heavy atom. The van der Waals surface area contributed by atoms with E-state index in [0.29, 0.717) is 0 Å². The van der Waals surface area contributed by atoms with Crippen LogP contribution in [0.5, 0.6) is 0 Å². The van der Waals surface area contributed by atoms with Gasteiger partial charge in [0.25, 0.3) is 0 Å². The highest BCUT2D eigenvalue weighted by Gasteiger charge is 2.26. The minimum Gasteiger partial charge on any atom is -0.357 e. The van der Waals surface area contributed by atoms with Gasteiger partial charge in [-0.25, -0.2) is 4.98 Å². The first-order chi connectivity index (χ1) is 6.04. The molecule has 0 atom stereocenters. The quantitative estimate of drug-likeness (QED) is 0.785. The van der Waals surface area contributed by atoms with E-state index in [1.54, 1.807) is 11.3 Å². The van der Waals surface area contributed by atoms with Crippen molar-refractivity contribution in [2.24, 2.45) is 0 Å². The van der Waals surface area contributed by atoms with Crippen LogP contribution >= 0.6 is 11.3 Å². The van der Waals surface area contributed by atoms with Crippen LogP contribution in [0, 0.1) is 0 Å². The molecule has 1 aromatic rings. The summed E-state index contributed by atoms with van der Waals surface area (Å²) in [6.45, 7) is 6.47. The third-order valence-electron chi connectivity index (χ3n) is 2.00. The second-order valence-corrected chi connectivity index (χ2v) is 5.58. The highest BCUT2D eigenvalue weighted by atomic mass is 32.1. The van der Waals surface area contributed by atoms with E-state index in [0.717, 1.165) is 11.0 Å². The smallest absolute Gasteiger partial charge is 0.183 e. The molecule has 2 nitrogen and oxygen atoms in total. The minimum atomic E-state index is 0.124. The van der Waals surface area contributed by atoms with Crippen LogP contribution in [0.25, 0.3) is 0 Å². The van der Waals surface area contributed by atoms with Gasteiger partial charge in [-0.05, 0) is 33.6 Å². The summed E-state index contributed by atoms with van der Waals surface area (Å²) in [4.78, 5) is 4.57. The minimum absolute atomic E-state index is 0.124. The van der Waals surface area contributed by atoms with Crippen LogP contribution in [0.2, 0.25) is 0 Å². The third-order valence-corrected chi connectivity index (χ3v) is 2.78. The van der Waals surface area contributed by atoms with Gasteiger partial charge in [0.05, 0.1) is 5.69 Å². The van der Waals surface area contributed by atoms with Gasteiger partial charge in [0.15, 0.2) is 5.13 Å². The maximum atomic E-state index is 4.57. The lowest BCUT2D eigenvalue weighted by atomic mass is 10.1. The van der Waals surface area contributed by atoms with Crippen LogP contribution in [-0.2, 0) is 0 Å². The molecule has 0 spiro atoms. The van der Waals surface area contributed by atoms with E-state index >= 15 is 0 Å². The number of thiazole rings is 1. The van der Waals surface area contributed by atoms with Crippen molar-refractivity contribution in [3.8, 4) is 0 Å². The van der Waals surface area contributed by atoms with Gasteiger partial charge in [0.1, 0.15) is 0 Å². The lowest BCUT2D eigenvalue weighted by molar-refractivity contribution is 0.633. The number of anilines is 1. The summed E-state index contributed by atoms with van der Waals surface area (Å²) in [6, 6.07) is 0. The molecule has 1 heterocycles. The molecule has 0 aliphatic heterocycles. The molecule has 0 saturated heterocycles. The van der Waals surface area contributed by atoms with E-state index in [4.69, 9.17) is 0 Å². The van der Waals surface area contributed by atoms with Crippen molar-refractivity contribution in [3.05, 3.63) is 11.1 Å². The number of hydrogen-bond acceptors (Lipinski definition) is 3. The molecule has 72 valence electrons. The summed E-state index contributed by atoms with van der Waals surface area (Å²) in [5, 5.41) is 6.64. The van der Waals surface area contributed by atoms with Crippen molar-refractivity contribution < 1.29 is 0 Å². The fourth-order valence-corrected chi connectivity index (χ4v) is 2.23. The Kier molecular flexibility index (Phi) is 2.06. The normalized spacial score (nSPS) is 17.5. The molecule has 3 heteroatoms. The van der Waals surface area contributed by atoms with Crippen LogP contribution in [0.1, 0.15) is 45.2 Å². The zero-order chi connectivity index (χ0) is 9.47. The lowest BCUT2D eigenvalue weighted by Crippen LogP contribution is -2.25. The van der Waals surface area contributed by atoms with Gasteiger partial charge >= 0.3 is 0 Å². The first-order valence-electron chi connectivity index (χ1n) is 4.78. The molecular formula is C10H16N2S. The molecule has 0 unspecified atom stereocenters. The number of nitrogens with zero attached hydrogens (tertiary/aromatic N) is 1. The molecule has 0 bridgehead atoms. The van der Waals surface area contributed by atoms with E-state index < -0.39 is 0 Å². The molecule has 2 rings (SSSR count). The molecule has 0 aromatic carbocycles. The summed E-state index contributed by atoms with van der Waals surface area (Å²) >= 11 is 1.72. The van der Waals surface area contributed by atoms with Crippen LogP contribution in [0.4, 0.5) is 5.13 Å². The number of hydrogen-bond donors (Lipinski definition) is 1. The Labute approximate surface area is 83.4 Å². The van der Waals surface area contributed by atoms with Crippen LogP contribution in [-0.4, -0.2) is 10.5 Å². The molecule has 1 N–H and O–H groups in total. The highest BCUT2D eigenvalue weighted by Crippen LogP contribution is 2.41. The summed E-state index contributed by atoms with van der Waals surface area (Å²) in [6.07, 6.45) is 2.66. The van der Waals surface area contributed by atoms with Gasteiger partial charge in [-0.1, -0.05) is 0 Å². The standard InChI is InChI=1S/C10H16N2S/c1-10(2,3)12-9-11-8(6-13-9)7-4-5-7/h6-7H,4-5H2,1-3H3,(H,11,12). The summed E-state index contributed by atoms with van der Waals surface area (Å²) in [7, 11) is 0. The lowest BCUT2D eigenvalue weighted by Gasteiger charge is -2.19. The Balaban J connectivity index is 2.04. The molecule has 0 amide bonds. The fourth-order valence-electron chi connectivity index (χ4n) is 1.23. The maximum absolute atomic E-state index is 4.57. The van der Waals surface area contributed by atoms with Crippen LogP contribution in [0.15, 0.2) is 5.38 Å². The van der Waals surface area contributed by atoms with Gasteiger partial charge in [0, 0.05) is 16.8 Å². The Morgan fingerprint density at radius 3 is 2.69 bits per heavy atom. The van der Waals surface area contributed by atoms with Gasteiger partial charge in [-0.15, -0.1) is 11.3 Å². The average Bonchev–Trinajstić information content (AvgIpc) is 2.72. The average molecular weight is 196 g/mol. The second kappa shape index (κ2) is 2.98. The van der Waals surface area contributed by atoms with Crippen molar-refractivity contribution in [1.82, 2.24) is 4.98 Å². The SMILES string of the molecule is CC(C)(C)Nc1nc(C2CC2)cs1. The zero-order valence-corrected chi connectivity index (χ0v) is 9.24. The highest BCUT2D eigenvalue weighted by molar-refractivity contribution is 7.13. The van der Waals surface area contributed by atoms with Crippen molar-refractivity contribution >= 4 is 16.5 Å². The maximum Gasteiger partial charge on any atom is 0.183 e. The number of rotatable bonds is 2. The Morgan fingerprint density at radius 2 is 2.15 bits per heavy atom. The van der Waals surface area contributed by atoms with Crippen LogP contribution < -0.4 is 5.32 Å². The van der Waals surface area contributed by atoms with Crippen molar-refractivity contribution in [2.75, 3.05) is 5.32 Å². The predicted molar refractivity (Wildman–Crippen MR) is 57.5 cm³/mol. The Bertz CT molecular complexity index is 294. The molecular weight excluding hydrogens is 180 g/mol. The summed E-state index contributed by atoms with van der Waals surface area (Å²) in [5.74, 6) is 0.770. The van der Waals surface area contributed by atoms with Crippen LogP contribution in [0.3, 0.4) is 0 Å². The topological polar surface area (TPSA) is 24.9 Å². The van der Waals surface area contributed by atoms with E-state index in [2.05, 4.69) is 36.5 Å². The van der Waals surface area contributed by atoms with Gasteiger partial charge in [-0.3, -0.25) is 0 Å². The second-order valence-electron chi connectivity index (χ2n) is 4.73. The summed E-state index contributed by atoms with van der Waals surface area (Å²) in [5.41, 5.74) is 1.41. The summed E-state index contributed by atoms with van der Waals surface area (Å²) < 4.78 is 0. The first-order valence-corrected chi connectivity index (χ1v) is 5.66. The molecule has 1 aromatic heterocycles. The van der Waals surface area contributed by atoms with Gasteiger partial charge in [0.2, 0.25) is 0 Å². The molecule has 0 radical (unpaired) electrons. The third kappa shape index (κ3) is 2.44. The largest absolute Gasteiger partial charge is 0.357 e. The number of nitrogens with one attached hydrogen (secondary N) is 1. The fraction of sp³-hybridized carbons (Fsp3) is 0.700. The predicted octanol–water partition coefficient (Wildman–Crippen LogP) is 3.23. The van der Waals surface area contributed by atoms with E-state index in [1.807, 2.05) is 0 Å². The number of aromatic nitrogens is 1. The first kappa shape index (κ1) is 9.00. The van der Waals surface area contributed by atoms with Gasteiger partial charge < -0.3 is 5.32 Å². The Hall–Kier alpha value is -0.570. The molecule has 1 fully saturated rings. The van der Waals surface area contributed by atoms with Crippen molar-refractivity contribution in [3.63, 3.8) is 0 Å². The van der Waals surface area contributed by atoms with E-state index in [9.17, 15) is 0 Å². The van der Waals surface area contributed by atoms with E-state index in [-0.39, 0.29) is 5.54 Å². The monoisotopic (exact) mass is 196 g/mol.